The Hall–Kier alpha value is -3.81. The van der Waals surface area contributed by atoms with E-state index < -0.39 is 5.91 Å². The van der Waals surface area contributed by atoms with Crippen LogP contribution in [-0.2, 0) is 9.59 Å². The molecule has 2 amide bonds. The van der Waals surface area contributed by atoms with Crippen molar-refractivity contribution in [3.8, 4) is 17.2 Å². The summed E-state index contributed by atoms with van der Waals surface area (Å²) in [4.78, 5) is 35.6. The van der Waals surface area contributed by atoms with Gasteiger partial charge in [0.1, 0.15) is 22.8 Å². The molecule has 0 saturated carbocycles. The molecular weight excluding hydrogens is 376 g/mol. The van der Waals surface area contributed by atoms with Crippen LogP contribution in [0.25, 0.3) is 11.0 Å². The molecule has 0 bridgehead atoms. The zero-order valence-corrected chi connectivity index (χ0v) is 16.0. The van der Waals surface area contributed by atoms with Gasteiger partial charge >= 0.3 is 0 Å². The molecule has 3 aromatic rings. The zero-order chi connectivity index (χ0) is 20.8. The van der Waals surface area contributed by atoms with Crippen molar-refractivity contribution in [3.05, 3.63) is 64.5 Å². The van der Waals surface area contributed by atoms with Crippen LogP contribution in [0.1, 0.15) is 5.76 Å². The van der Waals surface area contributed by atoms with Gasteiger partial charge in [-0.25, -0.2) is 0 Å². The molecule has 0 unspecified atom stereocenters. The molecule has 150 valence electrons. The summed E-state index contributed by atoms with van der Waals surface area (Å²) >= 11 is 0. The minimum absolute atomic E-state index is 0.117. The lowest BCUT2D eigenvalue weighted by atomic mass is 10.2. The van der Waals surface area contributed by atoms with Gasteiger partial charge in [0.15, 0.2) is 6.61 Å². The van der Waals surface area contributed by atoms with Gasteiger partial charge in [0, 0.05) is 13.1 Å². The summed E-state index contributed by atoms with van der Waals surface area (Å²) in [5.74, 6) is 0.572. The van der Waals surface area contributed by atoms with Gasteiger partial charge < -0.3 is 24.5 Å². The third-order valence-corrected chi connectivity index (χ3v) is 4.04. The highest BCUT2D eigenvalue weighted by atomic mass is 16.5. The average molecular weight is 396 g/mol. The van der Waals surface area contributed by atoms with E-state index in [4.69, 9.17) is 13.9 Å². The summed E-state index contributed by atoms with van der Waals surface area (Å²) in [6.45, 7) is 1.23. The summed E-state index contributed by atoms with van der Waals surface area (Å²) < 4.78 is 16.8. The van der Waals surface area contributed by atoms with Gasteiger partial charge in [-0.3, -0.25) is 14.4 Å². The fraction of sp³-hybridized carbons (Fsp3) is 0.190. The molecular formula is C21H20N2O6. The van der Waals surface area contributed by atoms with Crippen molar-refractivity contribution in [2.75, 3.05) is 20.2 Å². The Morgan fingerprint density at radius 3 is 2.52 bits per heavy atom. The second-order valence-corrected chi connectivity index (χ2v) is 6.13. The van der Waals surface area contributed by atoms with Crippen molar-refractivity contribution >= 4 is 22.8 Å². The quantitative estimate of drug-likeness (QED) is 0.634. The van der Waals surface area contributed by atoms with E-state index in [9.17, 15) is 14.4 Å². The minimum atomic E-state index is -0.446. The molecule has 0 fully saturated rings. The van der Waals surface area contributed by atoms with E-state index in [2.05, 4.69) is 10.6 Å². The number of fused-ring (bicyclic) bond motifs is 1. The van der Waals surface area contributed by atoms with Crippen molar-refractivity contribution in [2.45, 2.75) is 6.92 Å². The van der Waals surface area contributed by atoms with Crippen molar-refractivity contribution in [3.63, 3.8) is 0 Å². The largest absolute Gasteiger partial charge is 0.484 e. The highest BCUT2D eigenvalue weighted by Gasteiger charge is 2.15. The van der Waals surface area contributed by atoms with Gasteiger partial charge in [-0.2, -0.15) is 0 Å². The summed E-state index contributed by atoms with van der Waals surface area (Å²) in [5.41, 5.74) is 0.0126. The summed E-state index contributed by atoms with van der Waals surface area (Å²) in [6.07, 6.45) is 0. The van der Waals surface area contributed by atoms with E-state index in [0.29, 0.717) is 28.2 Å². The number of para-hydroxylation sites is 1. The Kier molecular flexibility index (Phi) is 6.13. The molecule has 2 N–H and O–H groups in total. The lowest BCUT2D eigenvalue weighted by Gasteiger charge is -2.10. The number of benzene rings is 2. The van der Waals surface area contributed by atoms with E-state index in [1.165, 1.54) is 13.1 Å². The van der Waals surface area contributed by atoms with E-state index in [0.717, 1.165) is 0 Å². The molecule has 0 aliphatic carbocycles. The predicted octanol–water partition coefficient (Wildman–Crippen LogP) is 2.13. The second-order valence-electron chi connectivity index (χ2n) is 6.13. The molecule has 1 aromatic heterocycles. The van der Waals surface area contributed by atoms with Crippen LogP contribution in [0.5, 0.6) is 17.2 Å². The van der Waals surface area contributed by atoms with Crippen molar-refractivity contribution in [1.29, 1.82) is 0 Å². The number of amides is 2. The lowest BCUT2D eigenvalue weighted by molar-refractivity contribution is -0.127. The molecule has 0 radical (unpaired) electrons. The smallest absolute Gasteiger partial charge is 0.258 e. The normalized spacial score (nSPS) is 10.4. The number of nitrogens with one attached hydrogen (secondary N) is 2. The molecule has 0 atom stereocenters. The van der Waals surface area contributed by atoms with Gasteiger partial charge in [-0.1, -0.05) is 18.2 Å². The predicted molar refractivity (Wildman–Crippen MR) is 106 cm³/mol. The van der Waals surface area contributed by atoms with Crippen molar-refractivity contribution in [2.24, 2.45) is 0 Å². The number of rotatable bonds is 7. The van der Waals surface area contributed by atoms with E-state index in [-0.39, 0.29) is 30.2 Å². The van der Waals surface area contributed by atoms with Gasteiger partial charge in [0.05, 0.1) is 11.9 Å². The summed E-state index contributed by atoms with van der Waals surface area (Å²) in [6, 6.07) is 13.6. The van der Waals surface area contributed by atoms with Crippen molar-refractivity contribution < 1.29 is 23.5 Å². The van der Waals surface area contributed by atoms with E-state index in [1.54, 1.807) is 31.2 Å². The SMILES string of the molecule is CNC(=O)CNC(=O)COc1ccc2c(=O)c(Oc3ccccc3)c(C)oc2c1. The first-order valence-electron chi connectivity index (χ1n) is 8.88. The molecule has 8 heteroatoms. The summed E-state index contributed by atoms with van der Waals surface area (Å²) in [5, 5.41) is 5.15. The zero-order valence-electron chi connectivity index (χ0n) is 16.0. The van der Waals surface area contributed by atoms with Crippen LogP contribution in [0, 0.1) is 6.92 Å². The molecule has 0 aliphatic rings. The molecule has 0 spiro atoms. The van der Waals surface area contributed by atoms with Gasteiger partial charge in [-0.15, -0.1) is 0 Å². The first-order chi connectivity index (χ1) is 14.0. The third-order valence-electron chi connectivity index (χ3n) is 4.04. The Bertz CT molecular complexity index is 1090. The third kappa shape index (κ3) is 4.92. The number of carbonyl (C=O) groups is 2. The van der Waals surface area contributed by atoms with E-state index in [1.807, 2.05) is 18.2 Å². The highest BCUT2D eigenvalue weighted by molar-refractivity contribution is 5.85. The minimum Gasteiger partial charge on any atom is -0.484 e. The molecule has 0 saturated heterocycles. The molecule has 3 rings (SSSR count). The van der Waals surface area contributed by atoms with Crippen LogP contribution in [0.15, 0.2) is 57.7 Å². The fourth-order valence-corrected chi connectivity index (χ4v) is 2.55. The highest BCUT2D eigenvalue weighted by Crippen LogP contribution is 2.27. The maximum Gasteiger partial charge on any atom is 0.258 e. The maximum absolute atomic E-state index is 12.8. The standard InChI is InChI=1S/C21H20N2O6/c1-13-21(29-14-6-4-3-5-7-14)20(26)16-9-8-15(10-17(16)28-13)27-12-19(25)23-11-18(24)22-2/h3-10H,11-12H2,1-2H3,(H,22,24)(H,23,25). The van der Waals surface area contributed by atoms with Crippen LogP contribution in [-0.4, -0.2) is 32.0 Å². The maximum atomic E-state index is 12.8. The Morgan fingerprint density at radius 1 is 1.03 bits per heavy atom. The first kappa shape index (κ1) is 19.9. The fourth-order valence-electron chi connectivity index (χ4n) is 2.55. The van der Waals surface area contributed by atoms with Crippen molar-refractivity contribution in [1.82, 2.24) is 10.6 Å². The van der Waals surface area contributed by atoms with Gasteiger partial charge in [-0.05, 0) is 31.2 Å². The topological polar surface area (TPSA) is 107 Å². The second kappa shape index (κ2) is 8.92. The molecule has 29 heavy (non-hydrogen) atoms. The number of likely N-dealkylation sites (N-methyl/N-ethyl adjacent to an activating group) is 1. The lowest BCUT2D eigenvalue weighted by Crippen LogP contribution is -2.37. The Morgan fingerprint density at radius 2 is 1.79 bits per heavy atom. The molecule has 8 nitrogen and oxygen atoms in total. The monoisotopic (exact) mass is 396 g/mol. The number of ether oxygens (including phenoxy) is 2. The molecule has 1 heterocycles. The van der Waals surface area contributed by atoms with Crippen LogP contribution < -0.4 is 25.5 Å². The van der Waals surface area contributed by atoms with Crippen LogP contribution in [0.4, 0.5) is 0 Å². The Balaban J connectivity index is 1.75. The molecule has 2 aromatic carbocycles. The number of aryl methyl sites for hydroxylation is 1. The van der Waals surface area contributed by atoms with Gasteiger partial charge in [0.25, 0.3) is 5.91 Å². The summed E-state index contributed by atoms with van der Waals surface area (Å²) in [7, 11) is 1.48. The number of hydrogen-bond acceptors (Lipinski definition) is 6. The first-order valence-corrected chi connectivity index (χ1v) is 8.88. The molecule has 0 aliphatic heterocycles. The van der Waals surface area contributed by atoms with E-state index >= 15 is 0 Å². The van der Waals surface area contributed by atoms with Crippen LogP contribution in [0.3, 0.4) is 0 Å². The number of carbonyl (C=O) groups excluding carboxylic acids is 2. The van der Waals surface area contributed by atoms with Gasteiger partial charge in [0.2, 0.25) is 17.1 Å². The van der Waals surface area contributed by atoms with Crippen LogP contribution >= 0.6 is 0 Å². The number of hydrogen-bond donors (Lipinski definition) is 2. The average Bonchev–Trinajstić information content (AvgIpc) is 2.74. The van der Waals surface area contributed by atoms with Crippen LogP contribution in [0.2, 0.25) is 0 Å². The Labute approximate surface area is 166 Å².